The van der Waals surface area contributed by atoms with Crippen molar-refractivity contribution >= 4 is 22.8 Å². The Morgan fingerprint density at radius 2 is 1.87 bits per heavy atom. The number of carbonyl (C=O) groups is 1. The number of alkyl halides is 4. The van der Waals surface area contributed by atoms with Crippen molar-refractivity contribution in [2.24, 2.45) is 0 Å². The van der Waals surface area contributed by atoms with Gasteiger partial charge in [0.05, 0.1) is 23.7 Å². The minimum Gasteiger partial charge on any atom is -0.465 e. The number of hydrogen-bond acceptors (Lipinski definition) is 4. The van der Waals surface area contributed by atoms with E-state index in [1.807, 2.05) is 0 Å². The van der Waals surface area contributed by atoms with E-state index >= 15 is 0 Å². The summed E-state index contributed by atoms with van der Waals surface area (Å²) in [6, 6.07) is 7.28. The molecule has 1 aliphatic heterocycles. The van der Waals surface area contributed by atoms with E-state index in [4.69, 9.17) is 5.11 Å². The average molecular weight is 420 g/mol. The van der Waals surface area contributed by atoms with Gasteiger partial charge >= 0.3 is 12.3 Å². The second-order valence-corrected chi connectivity index (χ2v) is 6.95. The van der Waals surface area contributed by atoms with Crippen LogP contribution in [-0.4, -0.2) is 51.4 Å². The van der Waals surface area contributed by atoms with Crippen molar-refractivity contribution in [1.82, 2.24) is 14.9 Å². The van der Waals surface area contributed by atoms with Crippen LogP contribution in [-0.2, 0) is 6.18 Å². The van der Waals surface area contributed by atoms with Crippen LogP contribution in [0.15, 0.2) is 48.8 Å². The molecule has 1 aliphatic rings. The third kappa shape index (κ3) is 3.72. The molecule has 0 unspecified atom stereocenters. The van der Waals surface area contributed by atoms with E-state index in [0.29, 0.717) is 27.8 Å². The van der Waals surface area contributed by atoms with Crippen molar-refractivity contribution in [3.8, 4) is 11.1 Å². The fourth-order valence-electron chi connectivity index (χ4n) is 3.47. The third-order valence-corrected chi connectivity index (χ3v) is 5.01. The van der Waals surface area contributed by atoms with Crippen molar-refractivity contribution in [3.05, 3.63) is 54.4 Å². The highest BCUT2D eigenvalue weighted by atomic mass is 19.4. The minimum absolute atomic E-state index is 0.0272. The molecule has 0 spiro atoms. The Bertz CT molecular complexity index is 1090. The van der Waals surface area contributed by atoms with Crippen LogP contribution in [0.3, 0.4) is 0 Å². The number of rotatable bonds is 3. The Balaban J connectivity index is 1.68. The Hall–Kier alpha value is -3.43. The highest BCUT2D eigenvalue weighted by molar-refractivity contribution is 5.99. The van der Waals surface area contributed by atoms with Gasteiger partial charge in [-0.25, -0.2) is 14.2 Å². The van der Waals surface area contributed by atoms with Gasteiger partial charge in [0.1, 0.15) is 12.0 Å². The fraction of sp³-hybridized carbons (Fsp3) is 0.250. The average Bonchev–Trinajstić information content (AvgIpc) is 3.08. The molecule has 2 N–H and O–H groups in total. The number of aromatic nitrogens is 2. The number of hydrogen-bond donors (Lipinski definition) is 2. The van der Waals surface area contributed by atoms with E-state index < -0.39 is 30.0 Å². The van der Waals surface area contributed by atoms with Crippen molar-refractivity contribution in [1.29, 1.82) is 0 Å². The first-order chi connectivity index (χ1) is 14.2. The molecule has 4 rings (SSSR count). The SMILES string of the molecule is O=C(O)N1C[C@H](F)[C@H](Nc2ncc(-c3ccc(C(F)(F)F)cc3)c3ncccc23)C1. The lowest BCUT2D eigenvalue weighted by molar-refractivity contribution is -0.137. The fourth-order valence-corrected chi connectivity index (χ4v) is 3.47. The summed E-state index contributed by atoms with van der Waals surface area (Å²) in [5.74, 6) is 0.327. The Labute approximate surface area is 168 Å². The zero-order valence-corrected chi connectivity index (χ0v) is 15.4. The van der Waals surface area contributed by atoms with Crippen molar-refractivity contribution in [3.63, 3.8) is 0 Å². The van der Waals surface area contributed by atoms with Gasteiger partial charge in [0.2, 0.25) is 0 Å². The minimum atomic E-state index is -4.43. The van der Waals surface area contributed by atoms with E-state index in [-0.39, 0.29) is 13.1 Å². The summed E-state index contributed by atoms with van der Waals surface area (Å²) >= 11 is 0. The van der Waals surface area contributed by atoms with E-state index in [1.165, 1.54) is 18.3 Å². The van der Waals surface area contributed by atoms with Crippen LogP contribution in [0.1, 0.15) is 5.56 Å². The maximum absolute atomic E-state index is 14.3. The first kappa shape index (κ1) is 19.9. The van der Waals surface area contributed by atoms with Gasteiger partial charge in [-0.3, -0.25) is 4.98 Å². The first-order valence-corrected chi connectivity index (χ1v) is 9.04. The number of benzene rings is 1. The van der Waals surface area contributed by atoms with Gasteiger partial charge in [0.15, 0.2) is 0 Å². The quantitative estimate of drug-likeness (QED) is 0.613. The molecule has 1 amide bonds. The van der Waals surface area contributed by atoms with Crippen LogP contribution in [0.4, 0.5) is 28.2 Å². The molecule has 2 aromatic heterocycles. The van der Waals surface area contributed by atoms with Gasteiger partial charge in [0, 0.05) is 29.9 Å². The largest absolute Gasteiger partial charge is 0.465 e. The van der Waals surface area contributed by atoms with E-state index in [1.54, 1.807) is 18.3 Å². The molecular weight excluding hydrogens is 404 g/mol. The summed E-state index contributed by atoms with van der Waals surface area (Å²) < 4.78 is 52.7. The highest BCUT2D eigenvalue weighted by Gasteiger charge is 2.36. The molecule has 0 bridgehead atoms. The molecule has 3 heterocycles. The molecule has 0 radical (unpaired) electrons. The van der Waals surface area contributed by atoms with Crippen LogP contribution in [0, 0.1) is 0 Å². The molecule has 2 atom stereocenters. The smallest absolute Gasteiger partial charge is 0.416 e. The Kier molecular flexibility index (Phi) is 4.92. The number of halogens is 4. The zero-order chi connectivity index (χ0) is 21.5. The van der Waals surface area contributed by atoms with Gasteiger partial charge < -0.3 is 15.3 Å². The predicted molar refractivity (Wildman–Crippen MR) is 102 cm³/mol. The van der Waals surface area contributed by atoms with Crippen LogP contribution < -0.4 is 5.32 Å². The van der Waals surface area contributed by atoms with Crippen molar-refractivity contribution in [2.45, 2.75) is 18.4 Å². The number of nitrogens with zero attached hydrogens (tertiary/aromatic N) is 3. The predicted octanol–water partition coefficient (Wildman–Crippen LogP) is 4.43. The number of fused-ring (bicyclic) bond motifs is 1. The number of nitrogens with one attached hydrogen (secondary N) is 1. The van der Waals surface area contributed by atoms with Gasteiger partial charge in [-0.05, 0) is 29.8 Å². The first-order valence-electron chi connectivity index (χ1n) is 9.04. The molecule has 156 valence electrons. The normalized spacial score (nSPS) is 19.3. The number of pyridine rings is 2. The van der Waals surface area contributed by atoms with E-state index in [0.717, 1.165) is 17.0 Å². The number of carboxylic acid groups (broad SMARTS) is 1. The summed E-state index contributed by atoms with van der Waals surface area (Å²) in [5.41, 5.74) is 0.763. The maximum atomic E-state index is 14.3. The van der Waals surface area contributed by atoms with Gasteiger partial charge in [-0.2, -0.15) is 13.2 Å². The molecule has 0 aliphatic carbocycles. The summed E-state index contributed by atoms with van der Waals surface area (Å²) in [5, 5.41) is 12.6. The number of likely N-dealkylation sites (tertiary alicyclic amines) is 1. The van der Waals surface area contributed by atoms with Crippen LogP contribution in [0.25, 0.3) is 22.0 Å². The van der Waals surface area contributed by atoms with Crippen LogP contribution >= 0.6 is 0 Å². The van der Waals surface area contributed by atoms with E-state index in [2.05, 4.69) is 15.3 Å². The molecule has 1 aromatic carbocycles. The Morgan fingerprint density at radius 1 is 1.13 bits per heavy atom. The molecule has 0 saturated carbocycles. The molecule has 30 heavy (non-hydrogen) atoms. The van der Waals surface area contributed by atoms with Gasteiger partial charge in [-0.1, -0.05) is 12.1 Å². The highest BCUT2D eigenvalue weighted by Crippen LogP contribution is 2.34. The van der Waals surface area contributed by atoms with Gasteiger partial charge in [0.25, 0.3) is 0 Å². The molecule has 10 heteroatoms. The van der Waals surface area contributed by atoms with Crippen molar-refractivity contribution in [2.75, 3.05) is 18.4 Å². The van der Waals surface area contributed by atoms with E-state index in [9.17, 15) is 22.4 Å². The summed E-state index contributed by atoms with van der Waals surface area (Å²) in [6.45, 7) is -0.257. The molecule has 6 nitrogen and oxygen atoms in total. The second-order valence-electron chi connectivity index (χ2n) is 6.95. The van der Waals surface area contributed by atoms with Crippen LogP contribution in [0.5, 0.6) is 0 Å². The molecule has 1 saturated heterocycles. The lowest BCUT2D eigenvalue weighted by Gasteiger charge is -2.17. The van der Waals surface area contributed by atoms with Gasteiger partial charge in [-0.15, -0.1) is 0 Å². The molecule has 3 aromatic rings. The second kappa shape index (κ2) is 7.43. The molecular formula is C20H16F4N4O2. The van der Waals surface area contributed by atoms with Crippen LogP contribution in [0.2, 0.25) is 0 Å². The summed E-state index contributed by atoms with van der Waals surface area (Å²) in [7, 11) is 0. The lowest BCUT2D eigenvalue weighted by atomic mass is 10.0. The number of anilines is 1. The standard InChI is InChI=1S/C20H16F4N4O2/c21-15-9-28(19(29)30)10-16(15)27-18-13-2-1-7-25-17(13)14(8-26-18)11-3-5-12(6-4-11)20(22,23)24/h1-8,15-16H,9-10H2,(H,26,27)(H,29,30)/t15-,16+/m0/s1. The zero-order valence-electron chi connectivity index (χ0n) is 15.4. The summed E-state index contributed by atoms with van der Waals surface area (Å²) in [6.07, 6.45) is -4.03. The lowest BCUT2D eigenvalue weighted by Crippen LogP contribution is -2.31. The topological polar surface area (TPSA) is 78.4 Å². The summed E-state index contributed by atoms with van der Waals surface area (Å²) in [4.78, 5) is 20.7. The third-order valence-electron chi connectivity index (χ3n) is 5.01. The monoisotopic (exact) mass is 420 g/mol. The molecule has 1 fully saturated rings. The van der Waals surface area contributed by atoms with Crippen molar-refractivity contribution < 1.29 is 27.5 Å². The number of amides is 1. The maximum Gasteiger partial charge on any atom is 0.416 e. The Morgan fingerprint density at radius 3 is 2.50 bits per heavy atom.